The molecule has 11 heavy (non-hydrogen) atoms. The fourth-order valence-electron chi connectivity index (χ4n) is 0.494. The third kappa shape index (κ3) is 2.25. The van der Waals surface area contributed by atoms with Crippen molar-refractivity contribution in [1.29, 1.82) is 0 Å². The fraction of sp³-hybridized carbons (Fsp3) is 0.143. The van der Waals surface area contributed by atoms with Gasteiger partial charge in [0, 0.05) is 18.3 Å². The maximum Gasteiger partial charge on any atom is 0.514 e. The summed E-state index contributed by atoms with van der Waals surface area (Å²) in [4.78, 5) is 14.2. The highest BCUT2D eigenvalue weighted by Gasteiger charge is 2.01. The molecule has 0 atom stereocenters. The van der Waals surface area contributed by atoms with Gasteiger partial charge in [0.15, 0.2) is 0 Å². The Kier molecular flexibility index (Phi) is 2.43. The third-order valence-corrected chi connectivity index (χ3v) is 0.943. The van der Waals surface area contributed by atoms with E-state index in [4.69, 9.17) is 0 Å². The number of pyridine rings is 1. The van der Waals surface area contributed by atoms with Crippen LogP contribution in [0, 0.1) is 6.07 Å². The van der Waals surface area contributed by atoms with E-state index in [1.807, 2.05) is 0 Å². The Hall–Kier alpha value is -1.58. The van der Waals surface area contributed by atoms with E-state index in [0.29, 0.717) is 0 Å². The van der Waals surface area contributed by atoms with Gasteiger partial charge in [-0.1, -0.05) is 0 Å². The predicted octanol–water partition coefficient (Wildman–Crippen LogP) is 1.03. The van der Waals surface area contributed by atoms with Crippen LogP contribution in [-0.4, -0.2) is 18.2 Å². The first-order valence-electron chi connectivity index (χ1n) is 2.91. The molecular formula is C7H6NO3. The molecule has 1 aromatic rings. The van der Waals surface area contributed by atoms with Gasteiger partial charge in [-0.15, -0.1) is 0 Å². The van der Waals surface area contributed by atoms with Crippen LogP contribution in [0.4, 0.5) is 4.79 Å². The van der Waals surface area contributed by atoms with Crippen molar-refractivity contribution in [2.75, 3.05) is 7.11 Å². The molecular weight excluding hydrogens is 146 g/mol. The van der Waals surface area contributed by atoms with Crippen molar-refractivity contribution in [3.63, 3.8) is 0 Å². The lowest BCUT2D eigenvalue weighted by molar-refractivity contribution is 0.119. The molecule has 0 aromatic carbocycles. The number of aromatic nitrogens is 1. The summed E-state index contributed by atoms with van der Waals surface area (Å²) in [6.07, 6.45) is 0.627. The molecule has 0 aliphatic carbocycles. The Labute approximate surface area is 63.8 Å². The number of carbonyl (C=O) groups excluding carboxylic acids is 1. The summed E-state index contributed by atoms with van der Waals surface area (Å²) >= 11 is 0. The zero-order valence-corrected chi connectivity index (χ0v) is 5.90. The number of rotatable bonds is 1. The number of hydrogen-bond donors (Lipinski definition) is 0. The molecule has 0 aliphatic rings. The minimum Gasteiger partial charge on any atom is -0.437 e. The molecule has 4 heteroatoms. The van der Waals surface area contributed by atoms with Crippen molar-refractivity contribution in [3.8, 4) is 5.88 Å². The highest BCUT2D eigenvalue weighted by Crippen LogP contribution is 2.02. The summed E-state index contributed by atoms with van der Waals surface area (Å²) in [7, 11) is 1.23. The number of nitrogens with zero attached hydrogens (tertiary/aromatic N) is 1. The molecule has 1 radical (unpaired) electrons. The van der Waals surface area contributed by atoms with Crippen molar-refractivity contribution in [1.82, 2.24) is 4.98 Å². The molecule has 0 saturated heterocycles. The zero-order chi connectivity index (χ0) is 8.10. The Bertz CT molecular complexity index is 235. The van der Waals surface area contributed by atoms with Gasteiger partial charge < -0.3 is 9.47 Å². The average molecular weight is 152 g/mol. The monoisotopic (exact) mass is 152 g/mol. The standard InChI is InChI=1S/C7H6NO3/c1-10-7(9)11-6-4-2-3-5-8-6/h2,4-5H,1H3. The molecule has 0 saturated carbocycles. The van der Waals surface area contributed by atoms with Crippen molar-refractivity contribution < 1.29 is 14.3 Å². The van der Waals surface area contributed by atoms with Gasteiger partial charge in [-0.2, -0.15) is 0 Å². The van der Waals surface area contributed by atoms with Crippen molar-refractivity contribution in [2.24, 2.45) is 0 Å². The summed E-state index contributed by atoms with van der Waals surface area (Å²) in [5.41, 5.74) is 0. The maximum atomic E-state index is 10.5. The first-order valence-corrected chi connectivity index (χ1v) is 2.91. The first kappa shape index (κ1) is 7.53. The van der Waals surface area contributed by atoms with Crippen molar-refractivity contribution in [3.05, 3.63) is 24.4 Å². The number of ether oxygens (including phenoxy) is 2. The second kappa shape index (κ2) is 3.55. The average Bonchev–Trinajstić information content (AvgIpc) is 2.06. The summed E-state index contributed by atoms with van der Waals surface area (Å²) in [5.74, 6) is 0.204. The van der Waals surface area contributed by atoms with E-state index in [9.17, 15) is 4.79 Å². The molecule has 57 valence electrons. The fourth-order valence-corrected chi connectivity index (χ4v) is 0.494. The molecule has 1 heterocycles. The summed E-state index contributed by atoms with van der Waals surface area (Å²) in [6, 6.07) is 5.78. The van der Waals surface area contributed by atoms with Crippen LogP contribution in [0.5, 0.6) is 5.88 Å². The predicted molar refractivity (Wildman–Crippen MR) is 36.1 cm³/mol. The zero-order valence-electron chi connectivity index (χ0n) is 5.90. The quantitative estimate of drug-likeness (QED) is 0.564. The van der Waals surface area contributed by atoms with Gasteiger partial charge in [0.1, 0.15) is 0 Å². The van der Waals surface area contributed by atoms with Crippen LogP contribution in [0.15, 0.2) is 18.3 Å². The van der Waals surface area contributed by atoms with Gasteiger partial charge in [0.2, 0.25) is 5.88 Å². The van der Waals surface area contributed by atoms with E-state index < -0.39 is 6.16 Å². The first-order chi connectivity index (χ1) is 5.33. The largest absolute Gasteiger partial charge is 0.514 e. The highest BCUT2D eigenvalue weighted by atomic mass is 16.7. The van der Waals surface area contributed by atoms with Gasteiger partial charge in [-0.3, -0.25) is 0 Å². The molecule has 0 aliphatic heterocycles. The number of carbonyl (C=O) groups is 1. The summed E-state index contributed by atoms with van der Waals surface area (Å²) in [6.45, 7) is 0. The van der Waals surface area contributed by atoms with E-state index in [0.717, 1.165) is 0 Å². The lowest BCUT2D eigenvalue weighted by atomic mass is 10.5. The molecule has 1 rings (SSSR count). The number of hydrogen-bond acceptors (Lipinski definition) is 4. The van der Waals surface area contributed by atoms with Crippen LogP contribution < -0.4 is 4.74 Å². The summed E-state index contributed by atoms with van der Waals surface area (Å²) < 4.78 is 8.81. The molecule has 0 spiro atoms. The van der Waals surface area contributed by atoms with Crippen LogP contribution >= 0.6 is 0 Å². The third-order valence-electron chi connectivity index (χ3n) is 0.943. The second-order valence-corrected chi connectivity index (χ2v) is 1.65. The van der Waals surface area contributed by atoms with E-state index in [-0.39, 0.29) is 5.88 Å². The minimum absolute atomic E-state index is 0.204. The molecule has 0 bridgehead atoms. The molecule has 1 aromatic heterocycles. The Morgan fingerprint density at radius 2 is 2.55 bits per heavy atom. The Morgan fingerprint density at radius 3 is 3.09 bits per heavy atom. The lowest BCUT2D eigenvalue weighted by Gasteiger charge is -1.98. The Balaban J connectivity index is 2.58. The van der Waals surface area contributed by atoms with E-state index in [1.165, 1.54) is 19.4 Å². The van der Waals surface area contributed by atoms with Crippen molar-refractivity contribution in [2.45, 2.75) is 0 Å². The van der Waals surface area contributed by atoms with Gasteiger partial charge in [0.05, 0.1) is 7.11 Å². The van der Waals surface area contributed by atoms with E-state index in [2.05, 4.69) is 20.5 Å². The lowest BCUT2D eigenvalue weighted by Crippen LogP contribution is -2.07. The Morgan fingerprint density at radius 1 is 1.73 bits per heavy atom. The highest BCUT2D eigenvalue weighted by molar-refractivity contribution is 5.62. The molecule has 0 N–H and O–H groups in total. The van der Waals surface area contributed by atoms with Crippen molar-refractivity contribution >= 4 is 6.16 Å². The van der Waals surface area contributed by atoms with Gasteiger partial charge in [-0.25, -0.2) is 9.78 Å². The molecule has 4 nitrogen and oxygen atoms in total. The normalized spacial score (nSPS) is 8.82. The topological polar surface area (TPSA) is 48.4 Å². The van der Waals surface area contributed by atoms with E-state index >= 15 is 0 Å². The van der Waals surface area contributed by atoms with Crippen LogP contribution in [-0.2, 0) is 4.74 Å². The molecule has 0 unspecified atom stereocenters. The SMILES string of the molecule is COC(=O)Oc1cc[c]cn1. The van der Waals surface area contributed by atoms with E-state index in [1.54, 1.807) is 6.07 Å². The number of methoxy groups -OCH3 is 1. The van der Waals surface area contributed by atoms with Crippen LogP contribution in [0.2, 0.25) is 0 Å². The van der Waals surface area contributed by atoms with Gasteiger partial charge >= 0.3 is 6.16 Å². The molecule has 0 fully saturated rings. The maximum absolute atomic E-state index is 10.5. The minimum atomic E-state index is -0.774. The second-order valence-electron chi connectivity index (χ2n) is 1.65. The van der Waals surface area contributed by atoms with Gasteiger partial charge in [-0.05, 0) is 6.07 Å². The smallest absolute Gasteiger partial charge is 0.437 e. The summed E-state index contributed by atoms with van der Waals surface area (Å²) in [5, 5.41) is 0. The molecule has 0 amide bonds. The van der Waals surface area contributed by atoms with Crippen LogP contribution in [0.25, 0.3) is 0 Å². The van der Waals surface area contributed by atoms with Crippen LogP contribution in [0.1, 0.15) is 0 Å². The van der Waals surface area contributed by atoms with Crippen LogP contribution in [0.3, 0.4) is 0 Å². The van der Waals surface area contributed by atoms with Gasteiger partial charge in [0.25, 0.3) is 0 Å².